The number of halogens is 1. The molecule has 1 atom stereocenters. The number of likely N-dealkylation sites (tertiary alicyclic amines) is 1. The van der Waals surface area contributed by atoms with Crippen LogP contribution in [0.3, 0.4) is 0 Å². The fourth-order valence-corrected chi connectivity index (χ4v) is 3.20. The SMILES string of the molecule is CCc1ccc(C(=O)CCC(=O)N2CCCC(CNC)C2)cc1.Cl. The summed E-state index contributed by atoms with van der Waals surface area (Å²) in [6.07, 6.45) is 3.83. The maximum absolute atomic E-state index is 12.3. The minimum absolute atomic E-state index is 0. The number of carbonyl (C=O) groups is 2. The molecule has 1 aromatic carbocycles. The van der Waals surface area contributed by atoms with Crippen LogP contribution in [0.25, 0.3) is 0 Å². The molecule has 0 spiro atoms. The van der Waals surface area contributed by atoms with Gasteiger partial charge in [-0.3, -0.25) is 9.59 Å². The largest absolute Gasteiger partial charge is 0.342 e. The molecule has 24 heavy (non-hydrogen) atoms. The van der Waals surface area contributed by atoms with Gasteiger partial charge in [-0.1, -0.05) is 31.2 Å². The summed E-state index contributed by atoms with van der Waals surface area (Å²) in [4.78, 5) is 26.5. The van der Waals surface area contributed by atoms with Crippen LogP contribution in [0.15, 0.2) is 24.3 Å². The van der Waals surface area contributed by atoms with Gasteiger partial charge in [-0.2, -0.15) is 0 Å². The van der Waals surface area contributed by atoms with Crippen LogP contribution in [0, 0.1) is 5.92 Å². The minimum Gasteiger partial charge on any atom is -0.342 e. The molecule has 0 saturated carbocycles. The number of aryl methyl sites for hydroxylation is 1. The van der Waals surface area contributed by atoms with Crippen LogP contribution in [-0.2, 0) is 11.2 Å². The van der Waals surface area contributed by atoms with E-state index in [1.165, 1.54) is 12.0 Å². The summed E-state index contributed by atoms with van der Waals surface area (Å²) in [5, 5.41) is 3.19. The zero-order chi connectivity index (χ0) is 16.7. The summed E-state index contributed by atoms with van der Waals surface area (Å²) in [6.45, 7) is 4.69. The first kappa shape index (κ1) is 20.7. The third-order valence-corrected chi connectivity index (χ3v) is 4.61. The van der Waals surface area contributed by atoms with Gasteiger partial charge in [0.2, 0.25) is 5.91 Å². The number of hydrogen-bond acceptors (Lipinski definition) is 3. The van der Waals surface area contributed by atoms with Gasteiger partial charge < -0.3 is 10.2 Å². The molecule has 1 aliphatic heterocycles. The Hall–Kier alpha value is -1.39. The lowest BCUT2D eigenvalue weighted by molar-refractivity contribution is -0.132. The van der Waals surface area contributed by atoms with Crippen molar-refractivity contribution in [2.45, 2.75) is 39.0 Å². The number of rotatable bonds is 7. The number of carbonyl (C=O) groups excluding carboxylic acids is 2. The quantitative estimate of drug-likeness (QED) is 0.767. The molecule has 1 aliphatic rings. The standard InChI is InChI=1S/C19H28N2O2.ClH/c1-3-15-6-8-17(9-7-15)18(22)10-11-19(23)21-12-4-5-16(14-21)13-20-2;/h6-9,16,20H,3-5,10-14H2,1-2H3;1H. The van der Waals surface area contributed by atoms with Gasteiger partial charge in [0.05, 0.1) is 0 Å². The molecule has 5 heteroatoms. The summed E-state index contributed by atoms with van der Waals surface area (Å²) in [5.74, 6) is 0.712. The molecule has 134 valence electrons. The zero-order valence-corrected chi connectivity index (χ0v) is 15.5. The highest BCUT2D eigenvalue weighted by atomic mass is 35.5. The topological polar surface area (TPSA) is 49.4 Å². The molecule has 1 amide bonds. The number of ketones is 1. The fourth-order valence-electron chi connectivity index (χ4n) is 3.20. The first-order chi connectivity index (χ1) is 11.1. The van der Waals surface area contributed by atoms with Crippen molar-refractivity contribution in [1.29, 1.82) is 0 Å². The van der Waals surface area contributed by atoms with E-state index < -0.39 is 0 Å². The van der Waals surface area contributed by atoms with Gasteiger partial charge in [0.25, 0.3) is 0 Å². The monoisotopic (exact) mass is 352 g/mol. The van der Waals surface area contributed by atoms with Crippen LogP contribution >= 0.6 is 12.4 Å². The van der Waals surface area contributed by atoms with Gasteiger partial charge >= 0.3 is 0 Å². The van der Waals surface area contributed by atoms with Crippen LogP contribution < -0.4 is 5.32 Å². The Morgan fingerprint density at radius 2 is 1.92 bits per heavy atom. The van der Waals surface area contributed by atoms with Crippen molar-refractivity contribution in [3.05, 3.63) is 35.4 Å². The molecule has 1 N–H and O–H groups in total. The Bertz CT molecular complexity index is 529. The van der Waals surface area contributed by atoms with Crippen LogP contribution in [0.5, 0.6) is 0 Å². The van der Waals surface area contributed by atoms with E-state index in [-0.39, 0.29) is 24.1 Å². The van der Waals surface area contributed by atoms with Gasteiger partial charge in [0, 0.05) is 31.5 Å². The van der Waals surface area contributed by atoms with Gasteiger partial charge in [-0.15, -0.1) is 12.4 Å². The van der Waals surface area contributed by atoms with E-state index >= 15 is 0 Å². The minimum atomic E-state index is 0. The van der Waals surface area contributed by atoms with E-state index in [0.717, 1.165) is 32.5 Å². The summed E-state index contributed by atoms with van der Waals surface area (Å²) < 4.78 is 0. The van der Waals surface area contributed by atoms with Crippen LogP contribution in [0.1, 0.15) is 48.5 Å². The van der Waals surface area contributed by atoms with E-state index in [2.05, 4.69) is 12.2 Å². The van der Waals surface area contributed by atoms with E-state index in [1.807, 2.05) is 36.2 Å². The molecule has 0 aliphatic carbocycles. The molecule has 1 fully saturated rings. The number of hydrogen-bond donors (Lipinski definition) is 1. The van der Waals surface area contributed by atoms with Gasteiger partial charge in [-0.25, -0.2) is 0 Å². The van der Waals surface area contributed by atoms with E-state index in [0.29, 0.717) is 24.3 Å². The predicted octanol–water partition coefficient (Wildman–Crippen LogP) is 3.09. The highest BCUT2D eigenvalue weighted by Crippen LogP contribution is 2.17. The molecule has 0 bridgehead atoms. The molecule has 2 rings (SSSR count). The molecule has 1 unspecified atom stereocenters. The second-order valence-corrected chi connectivity index (χ2v) is 6.38. The zero-order valence-electron chi connectivity index (χ0n) is 14.7. The molecule has 0 aromatic heterocycles. The molecular weight excluding hydrogens is 324 g/mol. The second kappa shape index (κ2) is 10.5. The van der Waals surface area contributed by atoms with Crippen LogP contribution in [0.4, 0.5) is 0 Å². The summed E-state index contributed by atoms with van der Waals surface area (Å²) >= 11 is 0. The van der Waals surface area contributed by atoms with Gasteiger partial charge in [0.1, 0.15) is 0 Å². The van der Waals surface area contributed by atoms with Crippen molar-refractivity contribution in [3.63, 3.8) is 0 Å². The molecular formula is C19H29ClN2O2. The van der Waals surface area contributed by atoms with E-state index in [4.69, 9.17) is 0 Å². The highest BCUT2D eigenvalue weighted by Gasteiger charge is 2.23. The first-order valence-corrected chi connectivity index (χ1v) is 8.68. The van der Waals surface area contributed by atoms with Crippen molar-refractivity contribution in [2.75, 3.05) is 26.7 Å². The molecule has 4 nitrogen and oxygen atoms in total. The molecule has 1 aromatic rings. The number of nitrogens with zero attached hydrogens (tertiary/aromatic N) is 1. The number of piperidine rings is 1. The number of nitrogens with one attached hydrogen (secondary N) is 1. The number of benzene rings is 1. The van der Waals surface area contributed by atoms with Crippen LogP contribution in [-0.4, -0.2) is 43.3 Å². The van der Waals surface area contributed by atoms with Gasteiger partial charge in [-0.05, 0) is 44.3 Å². The fraction of sp³-hybridized carbons (Fsp3) is 0.579. The third-order valence-electron chi connectivity index (χ3n) is 4.61. The average Bonchev–Trinajstić information content (AvgIpc) is 2.60. The normalized spacial score (nSPS) is 17.2. The summed E-state index contributed by atoms with van der Waals surface area (Å²) in [7, 11) is 1.95. The average molecular weight is 353 g/mol. The smallest absolute Gasteiger partial charge is 0.223 e. The Morgan fingerprint density at radius 3 is 2.54 bits per heavy atom. The Labute approximate surface area is 151 Å². The third kappa shape index (κ3) is 5.91. The number of Topliss-reactive ketones (excluding diaryl/α,β-unsaturated/α-hetero) is 1. The second-order valence-electron chi connectivity index (χ2n) is 6.38. The van der Waals surface area contributed by atoms with Gasteiger partial charge in [0.15, 0.2) is 5.78 Å². The molecule has 1 saturated heterocycles. The Morgan fingerprint density at radius 1 is 1.21 bits per heavy atom. The summed E-state index contributed by atoms with van der Waals surface area (Å²) in [6, 6.07) is 7.72. The molecule has 0 radical (unpaired) electrons. The Balaban J connectivity index is 0.00000288. The van der Waals surface area contributed by atoms with Crippen molar-refractivity contribution < 1.29 is 9.59 Å². The highest BCUT2D eigenvalue weighted by molar-refractivity contribution is 5.98. The van der Waals surface area contributed by atoms with Crippen LogP contribution in [0.2, 0.25) is 0 Å². The predicted molar refractivity (Wildman–Crippen MR) is 99.9 cm³/mol. The number of amides is 1. The van der Waals surface area contributed by atoms with Crippen molar-refractivity contribution in [2.24, 2.45) is 5.92 Å². The van der Waals surface area contributed by atoms with Crippen molar-refractivity contribution in [3.8, 4) is 0 Å². The lowest BCUT2D eigenvalue weighted by atomic mass is 9.97. The van der Waals surface area contributed by atoms with Crippen molar-refractivity contribution in [1.82, 2.24) is 10.2 Å². The lowest BCUT2D eigenvalue weighted by Crippen LogP contribution is -2.42. The lowest BCUT2D eigenvalue weighted by Gasteiger charge is -2.32. The van der Waals surface area contributed by atoms with Crippen molar-refractivity contribution >= 4 is 24.1 Å². The first-order valence-electron chi connectivity index (χ1n) is 8.68. The summed E-state index contributed by atoms with van der Waals surface area (Å²) in [5.41, 5.74) is 1.93. The van der Waals surface area contributed by atoms with E-state index in [9.17, 15) is 9.59 Å². The maximum atomic E-state index is 12.3. The van der Waals surface area contributed by atoms with E-state index in [1.54, 1.807) is 0 Å². The Kier molecular flexibility index (Phi) is 9.01. The molecule has 1 heterocycles. The maximum Gasteiger partial charge on any atom is 0.223 e.